The summed E-state index contributed by atoms with van der Waals surface area (Å²) < 4.78 is 7.81. The summed E-state index contributed by atoms with van der Waals surface area (Å²) in [6, 6.07) is 1.86. The number of pyridine rings is 1. The molecule has 0 aromatic carbocycles. The first kappa shape index (κ1) is 15.5. The standard InChI is InChI=1S/C15H22ClN5O/c1-20(2)7-6-17-15-11-10-18-13(16)9-12(11)21(19-15)14-5-3-4-8-22-14/h9-10,14H,3-8H2,1-2H3,(H,17,19). The zero-order valence-corrected chi connectivity index (χ0v) is 13.8. The van der Waals surface area contributed by atoms with E-state index in [0.29, 0.717) is 5.15 Å². The minimum absolute atomic E-state index is 0.0147. The highest BCUT2D eigenvalue weighted by Crippen LogP contribution is 2.30. The van der Waals surface area contributed by atoms with Crippen molar-refractivity contribution in [2.45, 2.75) is 25.5 Å². The van der Waals surface area contributed by atoms with Gasteiger partial charge in [0.15, 0.2) is 12.0 Å². The highest BCUT2D eigenvalue weighted by atomic mass is 35.5. The molecule has 1 N–H and O–H groups in total. The summed E-state index contributed by atoms with van der Waals surface area (Å²) in [6.07, 6.45) is 5.02. The third kappa shape index (κ3) is 3.34. The Hall–Kier alpha value is -1.37. The molecule has 3 rings (SSSR count). The summed E-state index contributed by atoms with van der Waals surface area (Å²) in [7, 11) is 4.10. The van der Waals surface area contributed by atoms with Crippen LogP contribution >= 0.6 is 11.6 Å². The number of nitrogens with one attached hydrogen (secondary N) is 1. The van der Waals surface area contributed by atoms with Crippen molar-refractivity contribution in [1.82, 2.24) is 19.7 Å². The molecular weight excluding hydrogens is 302 g/mol. The van der Waals surface area contributed by atoms with Crippen LogP contribution in [-0.2, 0) is 4.74 Å². The summed E-state index contributed by atoms with van der Waals surface area (Å²) in [6.45, 7) is 2.55. The van der Waals surface area contributed by atoms with Crippen molar-refractivity contribution in [3.05, 3.63) is 17.4 Å². The van der Waals surface area contributed by atoms with Crippen LogP contribution in [0.4, 0.5) is 5.82 Å². The third-order valence-electron chi connectivity index (χ3n) is 3.84. The number of halogens is 1. The maximum atomic E-state index is 6.06. The number of hydrogen-bond acceptors (Lipinski definition) is 5. The molecule has 1 fully saturated rings. The van der Waals surface area contributed by atoms with Gasteiger partial charge >= 0.3 is 0 Å². The lowest BCUT2D eigenvalue weighted by molar-refractivity contribution is -0.0365. The molecule has 1 aliphatic rings. The molecule has 1 unspecified atom stereocenters. The Kier molecular flexibility index (Phi) is 4.81. The minimum atomic E-state index is -0.0147. The maximum Gasteiger partial charge on any atom is 0.157 e. The molecule has 0 aliphatic carbocycles. The van der Waals surface area contributed by atoms with Crippen molar-refractivity contribution < 1.29 is 4.74 Å². The normalized spacial score (nSPS) is 19.0. The van der Waals surface area contributed by atoms with Gasteiger partial charge in [-0.15, -0.1) is 0 Å². The van der Waals surface area contributed by atoms with Crippen molar-refractivity contribution in [1.29, 1.82) is 0 Å². The number of ether oxygens (including phenoxy) is 1. The average molecular weight is 324 g/mol. The van der Waals surface area contributed by atoms with Gasteiger partial charge in [0, 0.05) is 32.0 Å². The molecule has 0 amide bonds. The van der Waals surface area contributed by atoms with E-state index in [1.54, 1.807) is 6.20 Å². The van der Waals surface area contributed by atoms with Crippen LogP contribution in [-0.4, -0.2) is 53.5 Å². The van der Waals surface area contributed by atoms with Crippen molar-refractivity contribution >= 4 is 28.3 Å². The lowest BCUT2D eigenvalue weighted by Crippen LogP contribution is -2.21. The van der Waals surface area contributed by atoms with Crippen molar-refractivity contribution in [2.75, 3.05) is 39.1 Å². The van der Waals surface area contributed by atoms with Crippen LogP contribution in [0.3, 0.4) is 0 Å². The van der Waals surface area contributed by atoms with E-state index in [0.717, 1.165) is 55.7 Å². The summed E-state index contributed by atoms with van der Waals surface area (Å²) in [5.74, 6) is 0.843. The molecule has 2 aromatic heterocycles. The first-order valence-corrected chi connectivity index (χ1v) is 8.07. The molecule has 1 aliphatic heterocycles. The highest BCUT2D eigenvalue weighted by Gasteiger charge is 2.21. The Bertz CT molecular complexity index is 636. The molecule has 120 valence electrons. The zero-order valence-electron chi connectivity index (χ0n) is 13.0. The smallest absolute Gasteiger partial charge is 0.157 e. The summed E-state index contributed by atoms with van der Waals surface area (Å²) >= 11 is 6.06. The Balaban J connectivity index is 1.91. The Labute approximate surface area is 135 Å². The van der Waals surface area contributed by atoms with Crippen LogP contribution < -0.4 is 5.32 Å². The molecule has 3 heterocycles. The molecular formula is C15H22ClN5O. The van der Waals surface area contributed by atoms with Gasteiger partial charge in [-0.2, -0.15) is 5.10 Å². The first-order chi connectivity index (χ1) is 10.6. The lowest BCUT2D eigenvalue weighted by Gasteiger charge is -2.23. The fraction of sp³-hybridized carbons (Fsp3) is 0.600. The largest absolute Gasteiger partial charge is 0.367 e. The predicted octanol–water partition coefficient (Wildman–Crippen LogP) is 2.76. The summed E-state index contributed by atoms with van der Waals surface area (Å²) in [4.78, 5) is 6.32. The Morgan fingerprint density at radius 2 is 2.32 bits per heavy atom. The number of hydrogen-bond donors (Lipinski definition) is 1. The maximum absolute atomic E-state index is 6.06. The van der Waals surface area contributed by atoms with Gasteiger partial charge in [-0.3, -0.25) is 0 Å². The fourth-order valence-corrected chi connectivity index (χ4v) is 2.82. The van der Waals surface area contributed by atoms with E-state index in [2.05, 4.69) is 29.3 Å². The first-order valence-electron chi connectivity index (χ1n) is 7.69. The van der Waals surface area contributed by atoms with E-state index in [-0.39, 0.29) is 6.23 Å². The van der Waals surface area contributed by atoms with E-state index < -0.39 is 0 Å². The molecule has 22 heavy (non-hydrogen) atoms. The third-order valence-corrected chi connectivity index (χ3v) is 4.05. The van der Waals surface area contributed by atoms with Crippen LogP contribution in [0.25, 0.3) is 10.9 Å². The van der Waals surface area contributed by atoms with Crippen molar-refractivity contribution in [3.8, 4) is 0 Å². The van der Waals surface area contributed by atoms with Crippen LogP contribution in [0.2, 0.25) is 5.15 Å². The lowest BCUT2D eigenvalue weighted by atomic mass is 10.2. The molecule has 1 atom stereocenters. The van der Waals surface area contributed by atoms with Gasteiger partial charge in [0.05, 0.1) is 10.9 Å². The van der Waals surface area contributed by atoms with Crippen molar-refractivity contribution in [3.63, 3.8) is 0 Å². The molecule has 0 radical (unpaired) electrons. The van der Waals surface area contributed by atoms with Crippen LogP contribution in [0.1, 0.15) is 25.5 Å². The van der Waals surface area contributed by atoms with Crippen LogP contribution in [0.5, 0.6) is 0 Å². The number of aromatic nitrogens is 3. The van der Waals surface area contributed by atoms with Crippen LogP contribution in [0.15, 0.2) is 12.3 Å². The van der Waals surface area contributed by atoms with Gasteiger partial charge in [-0.1, -0.05) is 11.6 Å². The van der Waals surface area contributed by atoms with Crippen molar-refractivity contribution in [2.24, 2.45) is 0 Å². The minimum Gasteiger partial charge on any atom is -0.367 e. The van der Waals surface area contributed by atoms with Crippen LogP contribution in [0, 0.1) is 0 Å². The SMILES string of the molecule is CN(C)CCNc1nn(C2CCCCO2)c2cc(Cl)ncc12. The molecule has 0 spiro atoms. The van der Waals surface area contributed by atoms with Gasteiger partial charge in [0.1, 0.15) is 5.15 Å². The van der Waals surface area contributed by atoms with Gasteiger partial charge < -0.3 is 15.0 Å². The average Bonchev–Trinajstić information content (AvgIpc) is 2.86. The summed E-state index contributed by atoms with van der Waals surface area (Å²) in [5.41, 5.74) is 0.972. The Morgan fingerprint density at radius 3 is 3.05 bits per heavy atom. The van der Waals surface area contributed by atoms with Gasteiger partial charge in [0.2, 0.25) is 0 Å². The fourth-order valence-electron chi connectivity index (χ4n) is 2.67. The second-order valence-electron chi connectivity index (χ2n) is 5.87. The molecule has 6 nitrogen and oxygen atoms in total. The quantitative estimate of drug-likeness (QED) is 0.857. The predicted molar refractivity (Wildman–Crippen MR) is 88.4 cm³/mol. The van der Waals surface area contributed by atoms with E-state index in [1.165, 1.54) is 0 Å². The molecule has 1 saturated heterocycles. The number of likely N-dealkylation sites (N-methyl/N-ethyl adjacent to an activating group) is 1. The van der Waals surface area contributed by atoms with Gasteiger partial charge in [-0.25, -0.2) is 9.67 Å². The highest BCUT2D eigenvalue weighted by molar-refractivity contribution is 6.30. The van der Waals surface area contributed by atoms with E-state index >= 15 is 0 Å². The number of fused-ring (bicyclic) bond motifs is 1. The molecule has 2 aromatic rings. The summed E-state index contributed by atoms with van der Waals surface area (Å²) in [5, 5.41) is 9.56. The zero-order chi connectivity index (χ0) is 15.5. The van der Waals surface area contributed by atoms with E-state index in [1.807, 2.05) is 10.7 Å². The monoisotopic (exact) mass is 323 g/mol. The van der Waals surface area contributed by atoms with Gasteiger partial charge in [0.25, 0.3) is 0 Å². The number of nitrogens with zero attached hydrogens (tertiary/aromatic N) is 4. The van der Waals surface area contributed by atoms with E-state index in [4.69, 9.17) is 21.4 Å². The van der Waals surface area contributed by atoms with Gasteiger partial charge in [-0.05, 0) is 33.4 Å². The molecule has 7 heteroatoms. The second-order valence-corrected chi connectivity index (χ2v) is 6.26. The number of anilines is 1. The number of rotatable bonds is 5. The topological polar surface area (TPSA) is 55.2 Å². The molecule has 0 bridgehead atoms. The Morgan fingerprint density at radius 1 is 1.45 bits per heavy atom. The molecule has 0 saturated carbocycles. The second kappa shape index (κ2) is 6.81. The van der Waals surface area contributed by atoms with E-state index in [9.17, 15) is 0 Å².